The van der Waals surface area contributed by atoms with E-state index in [1.165, 1.54) is 0 Å². The fourth-order valence-corrected chi connectivity index (χ4v) is 3.35. The molecule has 1 aromatic carbocycles. The van der Waals surface area contributed by atoms with Gasteiger partial charge in [0.05, 0.1) is 11.7 Å². The molecule has 0 saturated heterocycles. The van der Waals surface area contributed by atoms with Gasteiger partial charge in [-0.05, 0) is 39.8 Å². The van der Waals surface area contributed by atoms with Crippen molar-refractivity contribution in [1.82, 2.24) is 30.3 Å². The second-order valence-corrected chi connectivity index (χ2v) is 7.07. The molecule has 0 fully saturated rings. The molecule has 3 aromatic rings. The fourth-order valence-electron chi connectivity index (χ4n) is 3.35. The molecule has 8 heteroatoms. The Morgan fingerprint density at radius 2 is 2.07 bits per heavy atom. The molecule has 1 atom stereocenters. The number of rotatable bonds is 6. The maximum atomic E-state index is 12.8. The van der Waals surface area contributed by atoms with E-state index >= 15 is 0 Å². The lowest BCUT2D eigenvalue weighted by Gasteiger charge is -2.15. The van der Waals surface area contributed by atoms with Gasteiger partial charge in [0.15, 0.2) is 5.82 Å². The molecule has 28 heavy (non-hydrogen) atoms. The van der Waals surface area contributed by atoms with E-state index in [1.54, 1.807) is 6.07 Å². The third-order valence-corrected chi connectivity index (χ3v) is 4.70. The van der Waals surface area contributed by atoms with Gasteiger partial charge in [-0.25, -0.2) is 4.68 Å². The molecule has 0 aliphatic carbocycles. The normalized spacial score (nSPS) is 12.1. The van der Waals surface area contributed by atoms with Crippen LogP contribution >= 0.6 is 0 Å². The highest BCUT2D eigenvalue weighted by Gasteiger charge is 2.18. The standard InChI is InChI=1S/C20H27N7O/c1-7-27-20(26(5)6)22-18(25-27)15-9-8-10-16(11-15)19(28)21-12(2)17-13(3)23-24-14(17)4/h8-12H,7H2,1-6H3,(H,21,28)(H,23,24)/t12-/m1/s1. The first-order chi connectivity index (χ1) is 13.3. The number of carbonyl (C=O) groups is 1. The van der Waals surface area contributed by atoms with Crippen LogP contribution < -0.4 is 10.2 Å². The second-order valence-electron chi connectivity index (χ2n) is 7.07. The van der Waals surface area contributed by atoms with Crippen molar-refractivity contribution in [1.29, 1.82) is 0 Å². The van der Waals surface area contributed by atoms with E-state index in [1.807, 2.05) is 69.6 Å². The zero-order valence-corrected chi connectivity index (χ0v) is 17.2. The molecule has 148 valence electrons. The number of H-pyrrole nitrogens is 1. The molecule has 2 aromatic heterocycles. The largest absolute Gasteiger partial charge is 0.347 e. The highest BCUT2D eigenvalue weighted by Crippen LogP contribution is 2.22. The summed E-state index contributed by atoms with van der Waals surface area (Å²) in [4.78, 5) is 19.3. The van der Waals surface area contributed by atoms with E-state index < -0.39 is 0 Å². The minimum absolute atomic E-state index is 0.142. The highest BCUT2D eigenvalue weighted by atomic mass is 16.1. The van der Waals surface area contributed by atoms with Crippen molar-refractivity contribution in [3.05, 3.63) is 46.8 Å². The third-order valence-electron chi connectivity index (χ3n) is 4.70. The topological polar surface area (TPSA) is 91.7 Å². The first-order valence-corrected chi connectivity index (χ1v) is 9.36. The summed E-state index contributed by atoms with van der Waals surface area (Å²) in [7, 11) is 3.87. The maximum absolute atomic E-state index is 12.8. The van der Waals surface area contributed by atoms with Crippen molar-refractivity contribution in [3.63, 3.8) is 0 Å². The minimum atomic E-state index is -0.146. The second kappa shape index (κ2) is 7.84. The zero-order chi connectivity index (χ0) is 20.4. The average Bonchev–Trinajstić information content (AvgIpc) is 3.25. The molecule has 2 N–H and O–H groups in total. The van der Waals surface area contributed by atoms with Crippen LogP contribution in [-0.4, -0.2) is 45.0 Å². The molecule has 0 spiro atoms. The van der Waals surface area contributed by atoms with Gasteiger partial charge in [-0.15, -0.1) is 5.10 Å². The smallest absolute Gasteiger partial charge is 0.251 e. The molecule has 0 radical (unpaired) electrons. The minimum Gasteiger partial charge on any atom is -0.347 e. The first kappa shape index (κ1) is 19.6. The van der Waals surface area contributed by atoms with Crippen LogP contribution in [0.1, 0.15) is 47.2 Å². The SMILES string of the molecule is CCn1nc(-c2cccc(C(=O)N[C@H](C)c3c(C)n[nH]c3C)c2)nc1N(C)C. The molecule has 2 heterocycles. The molecule has 0 aliphatic heterocycles. The molecule has 0 bridgehead atoms. The molecular formula is C20H27N7O. The lowest BCUT2D eigenvalue weighted by atomic mass is 10.1. The van der Waals surface area contributed by atoms with Gasteiger partial charge in [0, 0.05) is 43.0 Å². The predicted octanol–water partition coefficient (Wildman–Crippen LogP) is 2.86. The van der Waals surface area contributed by atoms with E-state index in [9.17, 15) is 4.79 Å². The van der Waals surface area contributed by atoms with Gasteiger partial charge in [-0.1, -0.05) is 12.1 Å². The van der Waals surface area contributed by atoms with Crippen molar-refractivity contribution in [3.8, 4) is 11.4 Å². The number of aromatic amines is 1. The Balaban J connectivity index is 1.84. The third kappa shape index (κ3) is 3.76. The number of amides is 1. The lowest BCUT2D eigenvalue weighted by Crippen LogP contribution is -2.27. The quantitative estimate of drug-likeness (QED) is 0.685. The van der Waals surface area contributed by atoms with Gasteiger partial charge in [0.1, 0.15) is 0 Å². The van der Waals surface area contributed by atoms with E-state index in [4.69, 9.17) is 0 Å². The molecule has 0 aliphatic rings. The van der Waals surface area contributed by atoms with Crippen molar-refractivity contribution in [2.75, 3.05) is 19.0 Å². The summed E-state index contributed by atoms with van der Waals surface area (Å²) in [6.07, 6.45) is 0. The number of hydrogen-bond acceptors (Lipinski definition) is 5. The molecule has 0 unspecified atom stereocenters. The Labute approximate surface area is 165 Å². The number of anilines is 1. The van der Waals surface area contributed by atoms with Gasteiger partial charge in [0.2, 0.25) is 5.95 Å². The molecule has 8 nitrogen and oxygen atoms in total. The fraction of sp³-hybridized carbons (Fsp3) is 0.400. The van der Waals surface area contributed by atoms with Crippen LogP contribution in [0.25, 0.3) is 11.4 Å². The van der Waals surface area contributed by atoms with E-state index in [2.05, 4.69) is 25.6 Å². The number of benzene rings is 1. The van der Waals surface area contributed by atoms with Crippen LogP contribution in [0.5, 0.6) is 0 Å². The number of hydrogen-bond donors (Lipinski definition) is 2. The number of nitrogens with one attached hydrogen (secondary N) is 2. The summed E-state index contributed by atoms with van der Waals surface area (Å²) in [6, 6.07) is 7.24. The van der Waals surface area contributed by atoms with E-state index in [0.29, 0.717) is 11.4 Å². The number of carbonyl (C=O) groups excluding carboxylic acids is 1. The van der Waals surface area contributed by atoms with Crippen molar-refractivity contribution in [2.24, 2.45) is 0 Å². The van der Waals surface area contributed by atoms with Gasteiger partial charge >= 0.3 is 0 Å². The highest BCUT2D eigenvalue weighted by molar-refractivity contribution is 5.95. The van der Waals surface area contributed by atoms with Gasteiger partial charge in [-0.3, -0.25) is 9.89 Å². The number of aromatic nitrogens is 5. The summed E-state index contributed by atoms with van der Waals surface area (Å²) < 4.78 is 1.84. The van der Waals surface area contributed by atoms with Gasteiger partial charge in [0.25, 0.3) is 5.91 Å². The van der Waals surface area contributed by atoms with E-state index in [-0.39, 0.29) is 11.9 Å². The van der Waals surface area contributed by atoms with Crippen LogP contribution in [-0.2, 0) is 6.54 Å². The molecule has 3 rings (SSSR count). The summed E-state index contributed by atoms with van der Waals surface area (Å²) in [5, 5.41) is 14.8. The van der Waals surface area contributed by atoms with Gasteiger partial charge in [-0.2, -0.15) is 10.1 Å². The Morgan fingerprint density at radius 3 is 2.64 bits per heavy atom. The zero-order valence-electron chi connectivity index (χ0n) is 17.2. The van der Waals surface area contributed by atoms with Crippen LogP contribution in [0.15, 0.2) is 24.3 Å². The first-order valence-electron chi connectivity index (χ1n) is 9.36. The van der Waals surface area contributed by atoms with Gasteiger partial charge < -0.3 is 10.2 Å². The number of nitrogens with zero attached hydrogens (tertiary/aromatic N) is 5. The molecular weight excluding hydrogens is 354 g/mol. The van der Waals surface area contributed by atoms with Crippen LogP contribution in [0.4, 0.5) is 5.95 Å². The van der Waals surface area contributed by atoms with E-state index in [0.717, 1.165) is 35.0 Å². The Morgan fingerprint density at radius 1 is 1.32 bits per heavy atom. The lowest BCUT2D eigenvalue weighted by molar-refractivity contribution is 0.0940. The number of aryl methyl sites for hydroxylation is 3. The monoisotopic (exact) mass is 381 g/mol. The van der Waals surface area contributed by atoms with Crippen LogP contribution in [0.2, 0.25) is 0 Å². The summed E-state index contributed by atoms with van der Waals surface area (Å²) >= 11 is 0. The van der Waals surface area contributed by atoms with Crippen molar-refractivity contribution >= 4 is 11.9 Å². The molecule has 0 saturated carbocycles. The summed E-state index contributed by atoms with van der Waals surface area (Å²) in [5.41, 5.74) is 4.26. The molecule has 1 amide bonds. The van der Waals surface area contributed by atoms with Crippen LogP contribution in [0.3, 0.4) is 0 Å². The van der Waals surface area contributed by atoms with Crippen molar-refractivity contribution < 1.29 is 4.79 Å². The summed E-state index contributed by atoms with van der Waals surface area (Å²) in [5.74, 6) is 1.25. The Bertz CT molecular complexity index is 967. The average molecular weight is 381 g/mol. The van der Waals surface area contributed by atoms with Crippen molar-refractivity contribution in [2.45, 2.75) is 40.3 Å². The predicted molar refractivity (Wildman–Crippen MR) is 109 cm³/mol. The Hall–Kier alpha value is -3.16. The Kier molecular flexibility index (Phi) is 5.48. The summed E-state index contributed by atoms with van der Waals surface area (Å²) in [6.45, 7) is 8.59. The maximum Gasteiger partial charge on any atom is 0.251 e. The van der Waals surface area contributed by atoms with Crippen LogP contribution in [0, 0.1) is 13.8 Å².